The van der Waals surface area contributed by atoms with Crippen molar-refractivity contribution in [2.45, 2.75) is 52.4 Å². The van der Waals surface area contributed by atoms with E-state index in [2.05, 4.69) is 93.2 Å². The lowest BCUT2D eigenvalue weighted by atomic mass is 9.95. The fraction of sp³-hybridized carbons (Fsp3) is 0.310. The lowest BCUT2D eigenvalue weighted by Crippen LogP contribution is -2.32. The molecule has 0 aliphatic heterocycles. The first-order valence-electron chi connectivity index (χ1n) is 11.5. The Kier molecular flexibility index (Phi) is 5.09. The first-order chi connectivity index (χ1) is 15.0. The average molecular weight is 408 g/mol. The number of pyridine rings is 2. The fourth-order valence-electron chi connectivity index (χ4n) is 5.29. The minimum absolute atomic E-state index is 0.704. The van der Waals surface area contributed by atoms with Gasteiger partial charge in [0.15, 0.2) is 0 Å². The fourth-order valence-corrected chi connectivity index (χ4v) is 5.29. The van der Waals surface area contributed by atoms with Gasteiger partial charge in [-0.1, -0.05) is 42.7 Å². The zero-order valence-corrected chi connectivity index (χ0v) is 19.1. The largest absolute Gasteiger partial charge is 0.256 e. The third kappa shape index (κ3) is 3.54. The van der Waals surface area contributed by atoms with Crippen LogP contribution in [0.2, 0.25) is 0 Å². The van der Waals surface area contributed by atoms with Crippen LogP contribution in [0.3, 0.4) is 0 Å². The van der Waals surface area contributed by atoms with Crippen molar-refractivity contribution in [1.82, 2.24) is 4.98 Å². The summed E-state index contributed by atoms with van der Waals surface area (Å²) in [6, 6.07) is 20.2. The molecule has 2 aromatic heterocycles. The monoisotopic (exact) mass is 407 g/mol. The molecule has 0 spiro atoms. The van der Waals surface area contributed by atoms with Crippen molar-refractivity contribution in [2.24, 2.45) is 7.05 Å². The first-order valence-corrected chi connectivity index (χ1v) is 11.5. The molecule has 1 saturated carbocycles. The molecule has 2 nitrogen and oxygen atoms in total. The van der Waals surface area contributed by atoms with Gasteiger partial charge in [0.25, 0.3) is 0 Å². The van der Waals surface area contributed by atoms with Gasteiger partial charge >= 0.3 is 0 Å². The molecule has 0 saturated heterocycles. The van der Waals surface area contributed by atoms with Crippen LogP contribution in [0.1, 0.15) is 53.9 Å². The average Bonchev–Trinajstić information content (AvgIpc) is 3.32. The van der Waals surface area contributed by atoms with Gasteiger partial charge in [0.1, 0.15) is 7.05 Å². The van der Waals surface area contributed by atoms with Crippen molar-refractivity contribution in [3.05, 3.63) is 83.0 Å². The lowest BCUT2D eigenvalue weighted by molar-refractivity contribution is -0.633. The normalized spacial score (nSPS) is 14.5. The Labute approximate surface area is 185 Å². The van der Waals surface area contributed by atoms with Gasteiger partial charge in [0.2, 0.25) is 11.2 Å². The number of benzene rings is 2. The molecular formula is C29H31N2+. The second kappa shape index (κ2) is 7.92. The Hall–Kier alpha value is -3.00. The van der Waals surface area contributed by atoms with Crippen molar-refractivity contribution in [2.75, 3.05) is 0 Å². The maximum absolute atomic E-state index is 4.88. The molecule has 0 N–H and O–H groups in total. The number of aryl methyl sites for hydroxylation is 3. The van der Waals surface area contributed by atoms with Gasteiger partial charge < -0.3 is 0 Å². The summed E-state index contributed by atoms with van der Waals surface area (Å²) >= 11 is 0. The van der Waals surface area contributed by atoms with Crippen LogP contribution in [0.5, 0.6) is 0 Å². The van der Waals surface area contributed by atoms with Crippen LogP contribution >= 0.6 is 0 Å². The maximum Gasteiger partial charge on any atom is 0.213 e. The summed E-state index contributed by atoms with van der Waals surface area (Å²) in [6.07, 6.45) is 7.44. The third-order valence-corrected chi connectivity index (χ3v) is 7.19. The standard InChI is InChI=1S/C29H31N2/c1-19-16-20(2)21(3)26(17-19)29-15-13-25-24(10-7-11-28(25)31(29)4)27-14-12-23(18-30-27)22-8-5-6-9-22/h7,10-18,22H,5-6,8-9H2,1-4H3/q+1. The summed E-state index contributed by atoms with van der Waals surface area (Å²) in [5.74, 6) is 0.704. The molecule has 31 heavy (non-hydrogen) atoms. The SMILES string of the molecule is Cc1cc(C)c(C)c(-c2ccc3c(-c4ccc(C5CCCC5)cn4)cccc3[n+]2C)c1. The van der Waals surface area contributed by atoms with Gasteiger partial charge in [-0.15, -0.1) is 0 Å². The Balaban J connectivity index is 1.60. The molecule has 5 rings (SSSR count). The van der Waals surface area contributed by atoms with E-state index in [0.717, 1.165) is 5.69 Å². The minimum atomic E-state index is 0.704. The Bertz CT molecular complexity index is 1260. The molecule has 1 fully saturated rings. The predicted molar refractivity (Wildman–Crippen MR) is 129 cm³/mol. The molecule has 4 aromatic rings. The molecule has 2 heterocycles. The van der Waals surface area contributed by atoms with Crippen molar-refractivity contribution < 1.29 is 4.57 Å². The number of fused-ring (bicyclic) bond motifs is 1. The molecule has 1 aliphatic rings. The number of hydrogen-bond donors (Lipinski definition) is 0. The summed E-state index contributed by atoms with van der Waals surface area (Å²) in [7, 11) is 2.18. The van der Waals surface area contributed by atoms with Gasteiger partial charge in [-0.2, -0.15) is 4.57 Å². The van der Waals surface area contributed by atoms with E-state index in [1.165, 1.54) is 75.7 Å². The topological polar surface area (TPSA) is 16.8 Å². The van der Waals surface area contributed by atoms with E-state index in [9.17, 15) is 0 Å². The molecule has 0 radical (unpaired) electrons. The Morgan fingerprint density at radius 3 is 2.42 bits per heavy atom. The molecular weight excluding hydrogens is 376 g/mol. The Morgan fingerprint density at radius 2 is 1.68 bits per heavy atom. The van der Waals surface area contributed by atoms with E-state index in [1.54, 1.807) is 0 Å². The number of aromatic nitrogens is 2. The highest BCUT2D eigenvalue weighted by molar-refractivity contribution is 5.92. The smallest absolute Gasteiger partial charge is 0.213 e. The van der Waals surface area contributed by atoms with E-state index in [1.807, 2.05) is 0 Å². The minimum Gasteiger partial charge on any atom is -0.256 e. The van der Waals surface area contributed by atoms with Gasteiger partial charge in [0, 0.05) is 29.5 Å². The zero-order valence-electron chi connectivity index (χ0n) is 19.1. The lowest BCUT2D eigenvalue weighted by Gasteiger charge is -2.12. The molecule has 0 bridgehead atoms. The molecule has 2 heteroatoms. The molecule has 0 unspecified atom stereocenters. The van der Waals surface area contributed by atoms with Crippen LogP contribution in [-0.4, -0.2) is 4.98 Å². The van der Waals surface area contributed by atoms with E-state index in [-0.39, 0.29) is 0 Å². The summed E-state index contributed by atoms with van der Waals surface area (Å²) in [5.41, 5.74) is 11.5. The first kappa shape index (κ1) is 19.9. The highest BCUT2D eigenvalue weighted by atomic mass is 14.9. The van der Waals surface area contributed by atoms with Gasteiger partial charge in [-0.05, 0) is 74.4 Å². The van der Waals surface area contributed by atoms with Crippen LogP contribution in [0.15, 0.2) is 60.8 Å². The van der Waals surface area contributed by atoms with Crippen molar-refractivity contribution in [3.8, 4) is 22.5 Å². The van der Waals surface area contributed by atoms with Crippen LogP contribution in [0.25, 0.3) is 33.4 Å². The molecule has 2 aromatic carbocycles. The summed E-state index contributed by atoms with van der Waals surface area (Å²) in [4.78, 5) is 4.88. The molecule has 1 aliphatic carbocycles. The van der Waals surface area contributed by atoms with Gasteiger partial charge in [-0.25, -0.2) is 0 Å². The summed E-state index contributed by atoms with van der Waals surface area (Å²) in [5, 5.41) is 1.25. The van der Waals surface area contributed by atoms with E-state index >= 15 is 0 Å². The second-order valence-electron chi connectivity index (χ2n) is 9.23. The molecule has 0 atom stereocenters. The van der Waals surface area contributed by atoms with Crippen molar-refractivity contribution in [3.63, 3.8) is 0 Å². The highest BCUT2D eigenvalue weighted by Gasteiger charge is 2.20. The Morgan fingerprint density at radius 1 is 0.871 bits per heavy atom. The quantitative estimate of drug-likeness (QED) is 0.335. The van der Waals surface area contributed by atoms with Gasteiger partial charge in [0.05, 0.1) is 11.1 Å². The van der Waals surface area contributed by atoms with Crippen LogP contribution in [-0.2, 0) is 7.05 Å². The van der Waals surface area contributed by atoms with Crippen molar-refractivity contribution >= 4 is 10.9 Å². The van der Waals surface area contributed by atoms with E-state index in [0.29, 0.717) is 5.92 Å². The predicted octanol–water partition coefficient (Wildman–Crippen LogP) is 6.98. The number of hydrogen-bond acceptors (Lipinski definition) is 1. The molecule has 156 valence electrons. The van der Waals surface area contributed by atoms with Gasteiger partial charge in [-0.3, -0.25) is 4.98 Å². The van der Waals surface area contributed by atoms with Crippen molar-refractivity contribution in [1.29, 1.82) is 0 Å². The second-order valence-corrected chi connectivity index (χ2v) is 9.23. The third-order valence-electron chi connectivity index (χ3n) is 7.19. The maximum atomic E-state index is 4.88. The van der Waals surface area contributed by atoms with Crippen LogP contribution in [0.4, 0.5) is 0 Å². The summed E-state index contributed by atoms with van der Waals surface area (Å²) < 4.78 is 2.33. The molecule has 0 amide bonds. The summed E-state index contributed by atoms with van der Waals surface area (Å²) in [6.45, 7) is 6.60. The number of nitrogens with zero attached hydrogens (tertiary/aromatic N) is 2. The number of rotatable bonds is 3. The van der Waals surface area contributed by atoms with Crippen LogP contribution in [0, 0.1) is 20.8 Å². The zero-order chi connectivity index (χ0) is 21.5. The van der Waals surface area contributed by atoms with E-state index < -0.39 is 0 Å². The van der Waals surface area contributed by atoms with E-state index in [4.69, 9.17) is 4.98 Å². The highest BCUT2D eigenvalue weighted by Crippen LogP contribution is 2.35. The van der Waals surface area contributed by atoms with Crippen LogP contribution < -0.4 is 4.57 Å².